The Morgan fingerprint density at radius 1 is 1.36 bits per heavy atom. The molecule has 0 aromatic heterocycles. The van der Waals surface area contributed by atoms with Gasteiger partial charge in [0.2, 0.25) is 0 Å². The predicted octanol–water partition coefficient (Wildman–Crippen LogP) is 2.58. The van der Waals surface area contributed by atoms with Crippen LogP contribution in [0.25, 0.3) is 0 Å². The monoisotopic (exact) mass is 199 g/mol. The van der Waals surface area contributed by atoms with Gasteiger partial charge in [0.1, 0.15) is 0 Å². The van der Waals surface area contributed by atoms with E-state index in [1.165, 1.54) is 19.3 Å². The highest BCUT2D eigenvalue weighted by atomic mass is 16.5. The molecule has 1 heterocycles. The van der Waals surface area contributed by atoms with Gasteiger partial charge in [0.25, 0.3) is 0 Å². The molecule has 14 heavy (non-hydrogen) atoms. The minimum Gasteiger partial charge on any atom is -0.378 e. The number of hydrogen-bond donors (Lipinski definition) is 1. The second-order valence-corrected chi connectivity index (χ2v) is 5.40. The lowest BCUT2D eigenvalue weighted by Crippen LogP contribution is -2.44. The topological polar surface area (TPSA) is 21.3 Å². The van der Waals surface area contributed by atoms with Crippen molar-refractivity contribution in [1.29, 1.82) is 0 Å². The Morgan fingerprint density at radius 2 is 2.07 bits per heavy atom. The lowest BCUT2D eigenvalue weighted by molar-refractivity contribution is -0.0579. The molecule has 1 aliphatic rings. The molecule has 2 atom stereocenters. The third kappa shape index (κ3) is 3.58. The first kappa shape index (κ1) is 12.0. The minimum atomic E-state index is 0.284. The van der Waals surface area contributed by atoms with Gasteiger partial charge in [-0.25, -0.2) is 0 Å². The zero-order valence-corrected chi connectivity index (χ0v) is 10.1. The molecule has 1 rings (SSSR count). The summed E-state index contributed by atoms with van der Waals surface area (Å²) in [4.78, 5) is 0. The summed E-state index contributed by atoms with van der Waals surface area (Å²) >= 11 is 0. The maximum atomic E-state index is 5.81. The van der Waals surface area contributed by atoms with E-state index in [-0.39, 0.29) is 5.41 Å². The molecule has 0 amide bonds. The number of nitrogens with one attached hydrogen (secondary N) is 1. The van der Waals surface area contributed by atoms with Crippen LogP contribution in [0.4, 0.5) is 0 Å². The zero-order chi connectivity index (χ0) is 10.6. The van der Waals surface area contributed by atoms with Gasteiger partial charge in [-0.15, -0.1) is 0 Å². The first-order chi connectivity index (χ1) is 6.54. The molecule has 2 heteroatoms. The first-order valence-corrected chi connectivity index (χ1v) is 5.89. The average Bonchev–Trinajstić information content (AvgIpc) is 2.14. The van der Waals surface area contributed by atoms with Gasteiger partial charge in [0.05, 0.1) is 6.10 Å². The van der Waals surface area contributed by atoms with Crippen LogP contribution in [-0.2, 0) is 4.74 Å². The quantitative estimate of drug-likeness (QED) is 0.754. The van der Waals surface area contributed by atoms with Crippen molar-refractivity contribution in [3.8, 4) is 0 Å². The molecule has 0 bridgehead atoms. The molecule has 0 aromatic rings. The molecule has 0 aromatic carbocycles. The van der Waals surface area contributed by atoms with Crippen molar-refractivity contribution in [3.63, 3.8) is 0 Å². The molecular weight excluding hydrogens is 174 g/mol. The molecule has 1 N–H and O–H groups in total. The fraction of sp³-hybridized carbons (Fsp3) is 1.00. The van der Waals surface area contributed by atoms with E-state index in [1.807, 2.05) is 0 Å². The third-order valence-electron chi connectivity index (χ3n) is 2.93. The predicted molar refractivity (Wildman–Crippen MR) is 60.5 cm³/mol. The van der Waals surface area contributed by atoms with Crippen LogP contribution in [0.3, 0.4) is 0 Å². The van der Waals surface area contributed by atoms with Gasteiger partial charge in [-0.2, -0.15) is 0 Å². The van der Waals surface area contributed by atoms with Crippen molar-refractivity contribution in [2.24, 2.45) is 5.41 Å². The van der Waals surface area contributed by atoms with Crippen molar-refractivity contribution < 1.29 is 4.74 Å². The van der Waals surface area contributed by atoms with Crippen molar-refractivity contribution in [1.82, 2.24) is 5.32 Å². The van der Waals surface area contributed by atoms with Gasteiger partial charge in [0, 0.05) is 12.6 Å². The van der Waals surface area contributed by atoms with Crippen molar-refractivity contribution >= 4 is 0 Å². The molecule has 1 aliphatic heterocycles. The summed E-state index contributed by atoms with van der Waals surface area (Å²) in [5, 5.41) is 3.59. The lowest BCUT2D eigenvalue weighted by atomic mass is 9.83. The maximum absolute atomic E-state index is 5.81. The van der Waals surface area contributed by atoms with Gasteiger partial charge in [-0.05, 0) is 31.2 Å². The molecule has 0 saturated carbocycles. The van der Waals surface area contributed by atoms with Crippen LogP contribution in [0.15, 0.2) is 0 Å². The Hall–Kier alpha value is -0.0800. The van der Waals surface area contributed by atoms with Gasteiger partial charge < -0.3 is 10.1 Å². The summed E-state index contributed by atoms with van der Waals surface area (Å²) in [6.45, 7) is 11.1. The second kappa shape index (κ2) is 5.13. The smallest absolute Gasteiger partial charge is 0.0638 e. The standard InChI is InChI=1S/C12H25NO/c1-5-7-13-10-6-8-14-11(9-10)12(2,3)4/h10-11,13H,5-9H2,1-4H3. The van der Waals surface area contributed by atoms with E-state index in [9.17, 15) is 0 Å². The van der Waals surface area contributed by atoms with E-state index >= 15 is 0 Å². The number of ether oxygens (including phenoxy) is 1. The Kier molecular flexibility index (Phi) is 4.39. The van der Waals surface area contributed by atoms with E-state index < -0.39 is 0 Å². The van der Waals surface area contributed by atoms with E-state index in [4.69, 9.17) is 4.74 Å². The average molecular weight is 199 g/mol. The second-order valence-electron chi connectivity index (χ2n) is 5.40. The van der Waals surface area contributed by atoms with E-state index in [0.717, 1.165) is 13.2 Å². The van der Waals surface area contributed by atoms with Gasteiger partial charge in [-0.3, -0.25) is 0 Å². The summed E-state index contributed by atoms with van der Waals surface area (Å²) in [5.74, 6) is 0. The summed E-state index contributed by atoms with van der Waals surface area (Å²) < 4.78 is 5.81. The maximum Gasteiger partial charge on any atom is 0.0638 e. The van der Waals surface area contributed by atoms with Gasteiger partial charge in [-0.1, -0.05) is 27.7 Å². The molecule has 2 nitrogen and oxygen atoms in total. The fourth-order valence-electron chi connectivity index (χ4n) is 1.93. The Bertz CT molecular complexity index is 162. The minimum absolute atomic E-state index is 0.284. The molecule has 0 radical (unpaired) electrons. The molecule has 84 valence electrons. The van der Waals surface area contributed by atoms with Gasteiger partial charge >= 0.3 is 0 Å². The van der Waals surface area contributed by atoms with Crippen LogP contribution in [-0.4, -0.2) is 25.3 Å². The molecule has 0 aliphatic carbocycles. The molecular formula is C12H25NO. The highest BCUT2D eigenvalue weighted by Gasteiger charge is 2.31. The van der Waals surface area contributed by atoms with Crippen molar-refractivity contribution in [2.45, 2.75) is 59.1 Å². The Labute approximate surface area is 88.4 Å². The van der Waals surface area contributed by atoms with Crippen LogP contribution < -0.4 is 5.32 Å². The lowest BCUT2D eigenvalue weighted by Gasteiger charge is -2.37. The summed E-state index contributed by atoms with van der Waals surface area (Å²) in [6.07, 6.45) is 3.98. The largest absolute Gasteiger partial charge is 0.378 e. The van der Waals surface area contributed by atoms with Gasteiger partial charge in [0.15, 0.2) is 0 Å². The summed E-state index contributed by atoms with van der Waals surface area (Å²) in [6, 6.07) is 0.674. The molecule has 1 saturated heterocycles. The van der Waals surface area contributed by atoms with Crippen LogP contribution >= 0.6 is 0 Å². The Morgan fingerprint density at radius 3 is 2.64 bits per heavy atom. The van der Waals surface area contributed by atoms with Crippen molar-refractivity contribution in [2.75, 3.05) is 13.2 Å². The van der Waals surface area contributed by atoms with Crippen molar-refractivity contribution in [3.05, 3.63) is 0 Å². The normalized spacial score (nSPS) is 29.1. The van der Waals surface area contributed by atoms with E-state index in [1.54, 1.807) is 0 Å². The first-order valence-electron chi connectivity index (χ1n) is 5.89. The highest BCUT2D eigenvalue weighted by Crippen LogP contribution is 2.29. The van der Waals surface area contributed by atoms with Crippen LogP contribution in [0.5, 0.6) is 0 Å². The summed E-state index contributed by atoms with van der Waals surface area (Å²) in [5.41, 5.74) is 0.284. The van der Waals surface area contributed by atoms with E-state index in [0.29, 0.717) is 12.1 Å². The third-order valence-corrected chi connectivity index (χ3v) is 2.93. The molecule has 0 spiro atoms. The van der Waals surface area contributed by atoms with Crippen LogP contribution in [0, 0.1) is 5.41 Å². The van der Waals surface area contributed by atoms with E-state index in [2.05, 4.69) is 33.0 Å². The van der Waals surface area contributed by atoms with Crippen LogP contribution in [0.2, 0.25) is 0 Å². The molecule has 2 unspecified atom stereocenters. The summed E-state index contributed by atoms with van der Waals surface area (Å²) in [7, 11) is 0. The Balaban J connectivity index is 2.36. The molecule has 1 fully saturated rings. The fourth-order valence-corrected chi connectivity index (χ4v) is 1.93. The highest BCUT2D eigenvalue weighted by molar-refractivity contribution is 4.83. The number of hydrogen-bond acceptors (Lipinski definition) is 2. The van der Waals surface area contributed by atoms with Crippen LogP contribution in [0.1, 0.15) is 47.0 Å². The SMILES string of the molecule is CCCNC1CCOC(C(C)(C)C)C1. The number of rotatable bonds is 3. The zero-order valence-electron chi connectivity index (χ0n) is 10.1.